The molecule has 0 bridgehead atoms. The molecule has 0 amide bonds. The van der Waals surface area contributed by atoms with Crippen LogP contribution in [0.15, 0.2) is 0 Å². The fourth-order valence-electron chi connectivity index (χ4n) is 1.42. The van der Waals surface area contributed by atoms with Crippen molar-refractivity contribution < 1.29 is 24.9 Å². The average Bonchev–Trinajstić information content (AvgIpc) is 2.17. The van der Waals surface area contributed by atoms with Crippen LogP contribution >= 0.6 is 0 Å². The Kier molecular flexibility index (Phi) is 14.2. The molecule has 1 unspecified atom stereocenters. The van der Waals surface area contributed by atoms with Crippen molar-refractivity contribution in [2.75, 3.05) is 0 Å². The van der Waals surface area contributed by atoms with Crippen molar-refractivity contribution >= 4 is 5.97 Å². The van der Waals surface area contributed by atoms with Crippen LogP contribution in [0, 0.1) is 5.92 Å². The molecule has 106 valence electrons. The zero-order valence-electron chi connectivity index (χ0n) is 12.3. The minimum atomic E-state index is -0.643. The third-order valence-electron chi connectivity index (χ3n) is 2.22. The number of aliphatic carboxylic acids is 1. The number of rotatable bonds is 7. The van der Waals surface area contributed by atoms with Gasteiger partial charge in [-0.1, -0.05) is 26.7 Å². The summed E-state index contributed by atoms with van der Waals surface area (Å²) < 4.78 is 0. The maximum absolute atomic E-state index is 10.4. The van der Waals surface area contributed by atoms with E-state index in [0.717, 1.165) is 35.3 Å². The molecule has 0 aliphatic rings. The first-order chi connectivity index (χ1) is 7.84. The van der Waals surface area contributed by atoms with Crippen molar-refractivity contribution in [1.29, 1.82) is 0 Å². The van der Waals surface area contributed by atoms with Gasteiger partial charge in [0.15, 0.2) is 0 Å². The van der Waals surface area contributed by atoms with Gasteiger partial charge in [0, 0.05) is 0 Å². The maximum atomic E-state index is 10.4. The van der Waals surface area contributed by atoms with Crippen molar-refractivity contribution in [1.82, 2.24) is 0 Å². The molecule has 1 atom stereocenters. The number of carboxylic acids is 1. The van der Waals surface area contributed by atoms with Crippen LogP contribution in [0.2, 0.25) is 9.63 Å². The molecule has 0 saturated carbocycles. The summed E-state index contributed by atoms with van der Waals surface area (Å²) in [7, 11) is 0. The van der Waals surface area contributed by atoms with Gasteiger partial charge in [0.05, 0.1) is 5.92 Å². The average molecular weight is 286 g/mol. The Morgan fingerprint density at radius 2 is 1.59 bits per heavy atom. The summed E-state index contributed by atoms with van der Waals surface area (Å²) >= 11 is 1.36. The molecule has 0 fully saturated rings. The van der Waals surface area contributed by atoms with Crippen molar-refractivity contribution in [2.24, 2.45) is 5.92 Å². The third-order valence-corrected chi connectivity index (χ3v) is 3.69. The summed E-state index contributed by atoms with van der Waals surface area (Å²) in [5, 5.41) is 8.60. The van der Waals surface area contributed by atoms with Crippen LogP contribution in [-0.4, -0.2) is 11.1 Å². The first-order valence-electron chi connectivity index (χ1n) is 6.66. The molecular formula is C14H30FeO2. The van der Waals surface area contributed by atoms with Crippen LogP contribution in [0.5, 0.6) is 0 Å². The van der Waals surface area contributed by atoms with E-state index in [-0.39, 0.29) is 5.92 Å². The monoisotopic (exact) mass is 286 g/mol. The van der Waals surface area contributed by atoms with E-state index < -0.39 is 5.97 Å². The molecular weight excluding hydrogens is 256 g/mol. The Morgan fingerprint density at radius 1 is 1.12 bits per heavy atom. The molecule has 0 heterocycles. The second-order valence-corrected chi connectivity index (χ2v) is 7.59. The van der Waals surface area contributed by atoms with E-state index in [9.17, 15) is 4.79 Å². The molecule has 0 aliphatic carbocycles. The minimum absolute atomic E-state index is 0.111. The molecule has 0 aromatic carbocycles. The van der Waals surface area contributed by atoms with Crippen LogP contribution < -0.4 is 0 Å². The summed E-state index contributed by atoms with van der Waals surface area (Å²) in [6.45, 7) is 13.1. The SMILES string of the molecule is CCCCC(CC)C(=O)O.C[CH](C)[Fe][CH](C)C. The van der Waals surface area contributed by atoms with Gasteiger partial charge in [-0.15, -0.1) is 0 Å². The zero-order chi connectivity index (χ0) is 13.8. The second kappa shape index (κ2) is 12.4. The standard InChI is InChI=1S/C8H16O2.2C3H7.Fe/c1-3-5-6-7(4-2)8(9)10;2*1-3-2;/h7H,3-6H2,1-2H3,(H,9,10);2*3H,1-2H3;. The van der Waals surface area contributed by atoms with E-state index in [1.807, 2.05) is 6.92 Å². The molecule has 0 aliphatic heterocycles. The van der Waals surface area contributed by atoms with E-state index in [2.05, 4.69) is 34.6 Å². The predicted molar refractivity (Wildman–Crippen MR) is 71.1 cm³/mol. The van der Waals surface area contributed by atoms with Crippen LogP contribution in [0.4, 0.5) is 0 Å². The summed E-state index contributed by atoms with van der Waals surface area (Å²) in [6, 6.07) is 0. The molecule has 0 radical (unpaired) electrons. The quantitative estimate of drug-likeness (QED) is 0.668. The van der Waals surface area contributed by atoms with E-state index in [0.29, 0.717) is 0 Å². The van der Waals surface area contributed by atoms with Gasteiger partial charge in [0.1, 0.15) is 0 Å². The van der Waals surface area contributed by atoms with Gasteiger partial charge in [-0.2, -0.15) is 0 Å². The fraction of sp³-hybridized carbons (Fsp3) is 0.929. The molecule has 0 rings (SSSR count). The van der Waals surface area contributed by atoms with Crippen molar-refractivity contribution in [3.8, 4) is 0 Å². The van der Waals surface area contributed by atoms with Gasteiger partial charge in [-0.25, -0.2) is 0 Å². The fourth-order valence-corrected chi connectivity index (χ4v) is 2.90. The third kappa shape index (κ3) is 16.0. The van der Waals surface area contributed by atoms with Crippen LogP contribution in [0.1, 0.15) is 67.2 Å². The first kappa shape index (κ1) is 19.3. The van der Waals surface area contributed by atoms with Crippen LogP contribution in [-0.2, 0) is 19.8 Å². The van der Waals surface area contributed by atoms with Crippen molar-refractivity contribution in [3.05, 3.63) is 0 Å². The molecule has 1 N–H and O–H groups in total. The molecule has 0 spiro atoms. The molecule has 3 heteroatoms. The van der Waals surface area contributed by atoms with Crippen molar-refractivity contribution in [3.63, 3.8) is 0 Å². The Bertz CT molecular complexity index is 173. The zero-order valence-corrected chi connectivity index (χ0v) is 13.4. The molecule has 17 heavy (non-hydrogen) atoms. The van der Waals surface area contributed by atoms with Crippen LogP contribution in [0.25, 0.3) is 0 Å². The topological polar surface area (TPSA) is 37.3 Å². The summed E-state index contributed by atoms with van der Waals surface area (Å²) in [4.78, 5) is 12.2. The van der Waals surface area contributed by atoms with Gasteiger partial charge in [0.2, 0.25) is 0 Å². The molecule has 2 nitrogen and oxygen atoms in total. The van der Waals surface area contributed by atoms with Gasteiger partial charge >= 0.3 is 58.3 Å². The Morgan fingerprint density at radius 3 is 1.76 bits per heavy atom. The predicted octanol–water partition coefficient (Wildman–Crippen LogP) is 5.01. The van der Waals surface area contributed by atoms with Crippen molar-refractivity contribution in [2.45, 2.75) is 76.9 Å². The van der Waals surface area contributed by atoms with Gasteiger partial charge < -0.3 is 5.11 Å². The number of hydrogen-bond donors (Lipinski definition) is 1. The molecule has 0 aromatic rings. The van der Waals surface area contributed by atoms with E-state index in [4.69, 9.17) is 5.11 Å². The second-order valence-electron chi connectivity index (χ2n) is 4.67. The number of unbranched alkanes of at least 4 members (excludes halogenated alkanes) is 1. The first-order valence-corrected chi connectivity index (χ1v) is 7.94. The van der Waals surface area contributed by atoms with E-state index in [1.54, 1.807) is 0 Å². The number of carboxylic acid groups (broad SMARTS) is 1. The Labute approximate surface area is 114 Å². The number of carbonyl (C=O) groups is 1. The Balaban J connectivity index is 0. The van der Waals surface area contributed by atoms with Gasteiger partial charge in [0.25, 0.3) is 0 Å². The normalized spacial score (nSPS) is 12.5. The van der Waals surface area contributed by atoms with Gasteiger partial charge in [-0.05, 0) is 12.8 Å². The van der Waals surface area contributed by atoms with Crippen LogP contribution in [0.3, 0.4) is 0 Å². The Hall–Kier alpha value is -0.0105. The summed E-state index contributed by atoms with van der Waals surface area (Å²) in [6.07, 6.45) is 3.71. The molecule has 0 saturated heterocycles. The summed E-state index contributed by atoms with van der Waals surface area (Å²) in [5.74, 6) is -0.754. The van der Waals surface area contributed by atoms with Gasteiger partial charge in [-0.3, -0.25) is 4.79 Å². The number of hydrogen-bond acceptors (Lipinski definition) is 1. The van der Waals surface area contributed by atoms with E-state index in [1.165, 1.54) is 15.0 Å². The van der Waals surface area contributed by atoms with E-state index >= 15 is 0 Å². The summed E-state index contributed by atoms with van der Waals surface area (Å²) in [5.41, 5.74) is 0. The molecule has 0 aromatic heterocycles.